The summed E-state index contributed by atoms with van der Waals surface area (Å²) in [6.07, 6.45) is 2.01. The first kappa shape index (κ1) is 36.2. The Morgan fingerprint density at radius 1 is 0.850 bits per heavy atom. The average molecular weight is 572 g/mol. The van der Waals surface area contributed by atoms with Gasteiger partial charge in [-0.05, 0) is 43.9 Å². The van der Waals surface area contributed by atoms with Gasteiger partial charge in [-0.2, -0.15) is 0 Å². The summed E-state index contributed by atoms with van der Waals surface area (Å²) in [4.78, 5) is 55.9. The highest BCUT2D eigenvalue weighted by Crippen LogP contribution is 2.45. The van der Waals surface area contributed by atoms with Crippen molar-refractivity contribution >= 4 is 30.1 Å². The number of hydrogen-bond acceptors (Lipinski definition) is 9. The summed E-state index contributed by atoms with van der Waals surface area (Å²) in [5.74, 6) is -1.02. The summed E-state index contributed by atoms with van der Waals surface area (Å²) >= 11 is 0. The van der Waals surface area contributed by atoms with Crippen LogP contribution in [0.25, 0.3) is 0 Å². The Kier molecular flexibility index (Phi) is 16.0. The van der Waals surface area contributed by atoms with E-state index in [1.807, 2.05) is 0 Å². The molecule has 0 aromatic heterocycles. The topological polar surface area (TPSA) is 193 Å². The Bertz CT molecular complexity index is 922. The third kappa shape index (κ3) is 16.2. The second kappa shape index (κ2) is 17.7. The van der Waals surface area contributed by atoms with E-state index < -0.39 is 24.1 Å². The number of esters is 2. The van der Waals surface area contributed by atoms with Crippen molar-refractivity contribution in [2.75, 3.05) is 40.0 Å². The van der Waals surface area contributed by atoms with E-state index in [9.17, 15) is 24.0 Å². The van der Waals surface area contributed by atoms with Gasteiger partial charge < -0.3 is 35.5 Å². The molecule has 0 saturated heterocycles. The summed E-state index contributed by atoms with van der Waals surface area (Å²) in [5, 5.41) is 18.6. The lowest BCUT2D eigenvalue weighted by atomic mass is 9.62. The molecule has 0 aromatic carbocycles. The van der Waals surface area contributed by atoms with Gasteiger partial charge in [-0.15, -0.1) is 0 Å². The first-order valence-electron chi connectivity index (χ1n) is 12.8. The van der Waals surface area contributed by atoms with E-state index in [-0.39, 0.29) is 49.3 Å². The SMILES string of the molecule is C=C(C)C(=O)OCCNC(=O)NO.C=C(C)C(=O)OCCOC(=O)NCC1(C)CC(NC(=O)NC)CC(C)(C)C1. The molecular weight excluding hydrogens is 526 g/mol. The molecule has 1 saturated carbocycles. The molecular formula is C26H45N5O9. The highest BCUT2D eigenvalue weighted by atomic mass is 16.6. The number of ether oxygens (including phenoxy) is 3. The Morgan fingerprint density at radius 2 is 1.40 bits per heavy atom. The number of hydrogen-bond donors (Lipinski definition) is 6. The summed E-state index contributed by atoms with van der Waals surface area (Å²) in [6.45, 7) is 16.9. The van der Waals surface area contributed by atoms with E-state index in [1.165, 1.54) is 12.4 Å². The third-order valence-electron chi connectivity index (χ3n) is 5.63. The fourth-order valence-corrected chi connectivity index (χ4v) is 4.33. The van der Waals surface area contributed by atoms with E-state index in [0.29, 0.717) is 17.7 Å². The quantitative estimate of drug-likeness (QED) is 0.0538. The standard InChI is InChI=1S/C19H33N3O5.C7H12N2O4/c1-13(2)15(23)26-7-8-27-17(25)21-12-19(5)10-14(22-16(24)20-6)9-18(3,4)11-19;1-5(2)6(10)13-4-3-8-7(11)9-12/h14H,1,7-12H2,2-6H3,(H,21,25)(H2,20,22,24);12H,1,3-4H2,2H3,(H2,8,9,11). The molecule has 0 aliphatic heterocycles. The Labute approximate surface area is 235 Å². The minimum atomic E-state index is -0.744. The molecule has 1 aliphatic rings. The molecule has 2 atom stereocenters. The predicted molar refractivity (Wildman–Crippen MR) is 146 cm³/mol. The van der Waals surface area contributed by atoms with Crippen molar-refractivity contribution in [2.45, 2.75) is 59.9 Å². The van der Waals surface area contributed by atoms with Crippen molar-refractivity contribution < 1.29 is 43.4 Å². The number of nitrogens with one attached hydrogen (secondary N) is 5. The van der Waals surface area contributed by atoms with Crippen molar-refractivity contribution in [1.29, 1.82) is 0 Å². The number of urea groups is 2. The summed E-state index contributed by atoms with van der Waals surface area (Å²) in [5.41, 5.74) is 1.84. The van der Waals surface area contributed by atoms with Crippen LogP contribution in [-0.4, -0.2) is 81.3 Å². The van der Waals surface area contributed by atoms with Gasteiger partial charge in [-0.25, -0.2) is 29.5 Å². The maximum Gasteiger partial charge on any atom is 0.407 e. The van der Waals surface area contributed by atoms with Gasteiger partial charge in [0.15, 0.2) is 0 Å². The van der Waals surface area contributed by atoms with Gasteiger partial charge >= 0.3 is 30.1 Å². The molecule has 40 heavy (non-hydrogen) atoms. The van der Waals surface area contributed by atoms with Crippen LogP contribution in [0.1, 0.15) is 53.9 Å². The van der Waals surface area contributed by atoms with E-state index in [0.717, 1.165) is 19.3 Å². The fourth-order valence-electron chi connectivity index (χ4n) is 4.33. The molecule has 6 N–H and O–H groups in total. The van der Waals surface area contributed by atoms with Crippen LogP contribution in [-0.2, 0) is 23.8 Å². The molecule has 0 aromatic rings. The first-order valence-corrected chi connectivity index (χ1v) is 12.8. The highest BCUT2D eigenvalue weighted by Gasteiger charge is 2.41. The Morgan fingerprint density at radius 3 is 1.93 bits per heavy atom. The maximum absolute atomic E-state index is 11.9. The molecule has 5 amide bonds. The van der Waals surface area contributed by atoms with Crippen molar-refractivity contribution in [2.24, 2.45) is 10.8 Å². The maximum atomic E-state index is 11.9. The van der Waals surface area contributed by atoms with Crippen LogP contribution in [0.3, 0.4) is 0 Å². The van der Waals surface area contributed by atoms with E-state index in [1.54, 1.807) is 14.0 Å². The van der Waals surface area contributed by atoms with E-state index >= 15 is 0 Å². The molecule has 0 spiro atoms. The number of alkyl carbamates (subject to hydrolysis) is 1. The van der Waals surface area contributed by atoms with E-state index in [2.05, 4.69) is 59.9 Å². The van der Waals surface area contributed by atoms with Gasteiger partial charge in [0.25, 0.3) is 0 Å². The number of carbonyl (C=O) groups excluding carboxylic acids is 5. The first-order chi connectivity index (χ1) is 18.5. The Hall–Kier alpha value is -3.81. The predicted octanol–water partition coefficient (Wildman–Crippen LogP) is 2.14. The van der Waals surface area contributed by atoms with Crippen LogP contribution >= 0.6 is 0 Å². The van der Waals surface area contributed by atoms with Gasteiger partial charge in [-0.3, -0.25) is 5.21 Å². The number of hydroxylamine groups is 1. The van der Waals surface area contributed by atoms with Crippen LogP contribution in [0.5, 0.6) is 0 Å². The van der Waals surface area contributed by atoms with E-state index in [4.69, 9.17) is 14.7 Å². The second-order valence-corrected chi connectivity index (χ2v) is 10.7. The normalized spacial score (nSPS) is 18.8. The van der Waals surface area contributed by atoms with Gasteiger partial charge in [0.2, 0.25) is 0 Å². The molecule has 14 heteroatoms. The van der Waals surface area contributed by atoms with Crippen molar-refractivity contribution in [1.82, 2.24) is 26.7 Å². The minimum absolute atomic E-state index is 0.0124. The largest absolute Gasteiger partial charge is 0.460 e. The zero-order valence-corrected chi connectivity index (χ0v) is 24.4. The smallest absolute Gasteiger partial charge is 0.407 e. The van der Waals surface area contributed by atoms with Crippen molar-refractivity contribution in [3.8, 4) is 0 Å². The highest BCUT2D eigenvalue weighted by molar-refractivity contribution is 5.87. The second-order valence-electron chi connectivity index (χ2n) is 10.7. The Balaban J connectivity index is 0.000000983. The lowest BCUT2D eigenvalue weighted by Crippen LogP contribution is -2.51. The zero-order valence-electron chi connectivity index (χ0n) is 24.4. The fraction of sp³-hybridized carbons (Fsp3) is 0.654. The molecule has 0 bridgehead atoms. The minimum Gasteiger partial charge on any atom is -0.460 e. The molecule has 2 unspecified atom stereocenters. The van der Waals surface area contributed by atoms with Gasteiger partial charge in [0.05, 0.1) is 6.54 Å². The number of rotatable bonds is 11. The molecule has 14 nitrogen and oxygen atoms in total. The molecule has 1 aliphatic carbocycles. The monoisotopic (exact) mass is 571 g/mol. The number of amides is 5. The molecule has 228 valence electrons. The molecule has 0 heterocycles. The summed E-state index contributed by atoms with van der Waals surface area (Å²) < 4.78 is 14.5. The van der Waals surface area contributed by atoms with Crippen LogP contribution < -0.4 is 26.7 Å². The molecule has 1 rings (SSSR count). The molecule has 0 radical (unpaired) electrons. The lowest BCUT2D eigenvalue weighted by Gasteiger charge is -2.46. The van der Waals surface area contributed by atoms with Gasteiger partial charge in [0.1, 0.15) is 19.8 Å². The average Bonchev–Trinajstić information content (AvgIpc) is 2.86. The van der Waals surface area contributed by atoms with Gasteiger partial charge in [-0.1, -0.05) is 33.9 Å². The van der Waals surface area contributed by atoms with Crippen molar-refractivity contribution in [3.05, 3.63) is 24.3 Å². The van der Waals surface area contributed by atoms with Crippen molar-refractivity contribution in [3.63, 3.8) is 0 Å². The van der Waals surface area contributed by atoms with Crippen LogP contribution in [0.15, 0.2) is 24.3 Å². The summed E-state index contributed by atoms with van der Waals surface area (Å²) in [7, 11) is 1.59. The molecule has 1 fully saturated rings. The number of carbonyl (C=O) groups is 5. The van der Waals surface area contributed by atoms with Crippen LogP contribution in [0.2, 0.25) is 0 Å². The third-order valence-corrected chi connectivity index (χ3v) is 5.63. The van der Waals surface area contributed by atoms with Crippen LogP contribution in [0, 0.1) is 10.8 Å². The summed E-state index contributed by atoms with van der Waals surface area (Å²) in [6, 6.07) is -0.902. The zero-order chi connectivity index (χ0) is 30.9. The lowest BCUT2D eigenvalue weighted by molar-refractivity contribution is -0.140. The van der Waals surface area contributed by atoms with Gasteiger partial charge in [0, 0.05) is 30.8 Å². The van der Waals surface area contributed by atoms with Crippen LogP contribution in [0.4, 0.5) is 14.4 Å².